The van der Waals surface area contributed by atoms with Gasteiger partial charge in [-0.1, -0.05) is 13.8 Å². The van der Waals surface area contributed by atoms with E-state index in [1.54, 1.807) is 11.3 Å². The third kappa shape index (κ3) is 1.84. The number of hydrogen-bond donors (Lipinski definition) is 1. The molecule has 0 fully saturated rings. The van der Waals surface area contributed by atoms with Crippen molar-refractivity contribution in [1.29, 1.82) is 5.26 Å². The van der Waals surface area contributed by atoms with E-state index in [0.717, 1.165) is 4.88 Å². The Labute approximate surface area is 76.6 Å². The zero-order chi connectivity index (χ0) is 9.14. The van der Waals surface area contributed by atoms with Crippen LogP contribution in [0.1, 0.15) is 36.2 Å². The molecule has 0 bridgehead atoms. The summed E-state index contributed by atoms with van der Waals surface area (Å²) >= 11 is 1.56. The van der Waals surface area contributed by atoms with Gasteiger partial charge in [-0.05, 0) is 22.9 Å². The average Bonchev–Trinajstić information content (AvgIpc) is 2.51. The Kier molecular flexibility index (Phi) is 2.85. The molecule has 1 heterocycles. The van der Waals surface area contributed by atoms with Gasteiger partial charge < -0.3 is 5.73 Å². The second-order valence-electron chi connectivity index (χ2n) is 3.04. The van der Waals surface area contributed by atoms with Gasteiger partial charge in [0, 0.05) is 4.88 Å². The predicted molar refractivity (Wildman–Crippen MR) is 50.9 cm³/mol. The molecule has 64 valence electrons. The summed E-state index contributed by atoms with van der Waals surface area (Å²) in [7, 11) is 0. The fraction of sp³-hybridized carbons (Fsp3) is 0.444. The number of nitrogens with two attached hydrogens (primary N) is 1. The van der Waals surface area contributed by atoms with Gasteiger partial charge >= 0.3 is 0 Å². The van der Waals surface area contributed by atoms with E-state index < -0.39 is 6.04 Å². The molecular formula is C9H12N2S. The maximum atomic E-state index is 8.57. The van der Waals surface area contributed by atoms with Crippen LogP contribution < -0.4 is 5.73 Å². The van der Waals surface area contributed by atoms with Gasteiger partial charge in [0.1, 0.15) is 6.04 Å². The van der Waals surface area contributed by atoms with Crippen LogP contribution in [-0.2, 0) is 0 Å². The molecule has 0 saturated heterocycles. The van der Waals surface area contributed by atoms with E-state index in [9.17, 15) is 0 Å². The molecule has 2 N–H and O–H groups in total. The smallest absolute Gasteiger partial charge is 0.128 e. The fourth-order valence-corrected chi connectivity index (χ4v) is 1.91. The zero-order valence-electron chi connectivity index (χ0n) is 7.24. The summed E-state index contributed by atoms with van der Waals surface area (Å²) in [6.07, 6.45) is 0. The molecule has 0 saturated carbocycles. The first kappa shape index (κ1) is 9.24. The van der Waals surface area contributed by atoms with E-state index in [1.807, 2.05) is 12.1 Å². The molecule has 0 aliphatic heterocycles. The third-order valence-electron chi connectivity index (χ3n) is 1.75. The minimum atomic E-state index is -0.456. The highest BCUT2D eigenvalue weighted by Gasteiger charge is 2.08. The highest BCUT2D eigenvalue weighted by Crippen LogP contribution is 2.25. The SMILES string of the molecule is CC(C)c1csc(C(N)C#N)c1. The summed E-state index contributed by atoms with van der Waals surface area (Å²) in [5.41, 5.74) is 6.82. The largest absolute Gasteiger partial charge is 0.312 e. The van der Waals surface area contributed by atoms with Crippen LogP contribution >= 0.6 is 11.3 Å². The summed E-state index contributed by atoms with van der Waals surface area (Å²) in [4.78, 5) is 0.959. The van der Waals surface area contributed by atoms with Crippen molar-refractivity contribution in [2.24, 2.45) is 5.73 Å². The minimum absolute atomic E-state index is 0.456. The Morgan fingerprint density at radius 1 is 1.58 bits per heavy atom. The van der Waals surface area contributed by atoms with Crippen molar-refractivity contribution in [3.8, 4) is 6.07 Å². The molecule has 0 spiro atoms. The number of nitriles is 1. The van der Waals surface area contributed by atoms with Crippen LogP contribution in [0.4, 0.5) is 0 Å². The molecule has 1 rings (SSSR count). The van der Waals surface area contributed by atoms with Gasteiger partial charge in [0.2, 0.25) is 0 Å². The van der Waals surface area contributed by atoms with Crippen LogP contribution in [0.5, 0.6) is 0 Å². The lowest BCUT2D eigenvalue weighted by molar-refractivity contribution is 0.866. The van der Waals surface area contributed by atoms with Crippen LogP contribution in [0.2, 0.25) is 0 Å². The molecule has 1 aromatic heterocycles. The minimum Gasteiger partial charge on any atom is -0.312 e. The van der Waals surface area contributed by atoms with Gasteiger partial charge in [-0.2, -0.15) is 5.26 Å². The van der Waals surface area contributed by atoms with Gasteiger partial charge in [0.05, 0.1) is 6.07 Å². The zero-order valence-corrected chi connectivity index (χ0v) is 8.06. The molecule has 0 radical (unpaired) electrons. The molecule has 2 nitrogen and oxygen atoms in total. The van der Waals surface area contributed by atoms with Crippen molar-refractivity contribution in [2.45, 2.75) is 25.8 Å². The lowest BCUT2D eigenvalue weighted by atomic mass is 10.1. The Bertz CT molecular complexity index is 296. The lowest BCUT2D eigenvalue weighted by Gasteiger charge is -1.98. The summed E-state index contributed by atoms with van der Waals surface area (Å²) in [5.74, 6) is 0.515. The Morgan fingerprint density at radius 2 is 2.25 bits per heavy atom. The van der Waals surface area contributed by atoms with E-state index in [1.165, 1.54) is 5.56 Å². The van der Waals surface area contributed by atoms with Crippen LogP contribution in [0.3, 0.4) is 0 Å². The molecule has 1 aromatic rings. The van der Waals surface area contributed by atoms with E-state index in [2.05, 4.69) is 19.2 Å². The first-order chi connectivity index (χ1) is 5.65. The van der Waals surface area contributed by atoms with E-state index >= 15 is 0 Å². The predicted octanol–water partition coefficient (Wildman–Crippen LogP) is 2.39. The van der Waals surface area contributed by atoms with Crippen molar-refractivity contribution in [3.05, 3.63) is 21.9 Å². The van der Waals surface area contributed by atoms with Gasteiger partial charge in [-0.15, -0.1) is 11.3 Å². The monoisotopic (exact) mass is 180 g/mol. The molecule has 0 aliphatic carbocycles. The van der Waals surface area contributed by atoms with Gasteiger partial charge in [-0.25, -0.2) is 0 Å². The summed E-state index contributed by atoms with van der Waals surface area (Å²) in [6, 6.07) is 3.58. The fourth-order valence-electron chi connectivity index (χ4n) is 0.898. The second-order valence-corrected chi connectivity index (χ2v) is 3.99. The van der Waals surface area contributed by atoms with Crippen molar-refractivity contribution in [1.82, 2.24) is 0 Å². The van der Waals surface area contributed by atoms with Crippen LogP contribution in [0.25, 0.3) is 0 Å². The van der Waals surface area contributed by atoms with Gasteiger partial charge in [0.15, 0.2) is 0 Å². The Hall–Kier alpha value is -0.850. The molecular weight excluding hydrogens is 168 g/mol. The molecule has 12 heavy (non-hydrogen) atoms. The normalized spacial score (nSPS) is 12.9. The van der Waals surface area contributed by atoms with E-state index in [-0.39, 0.29) is 0 Å². The average molecular weight is 180 g/mol. The standard InChI is InChI=1S/C9H12N2S/c1-6(2)7-3-9(12-5-7)8(11)4-10/h3,5-6,8H,11H2,1-2H3. The molecule has 1 atom stereocenters. The molecule has 1 unspecified atom stereocenters. The van der Waals surface area contributed by atoms with Crippen molar-refractivity contribution in [3.63, 3.8) is 0 Å². The molecule has 0 aromatic carbocycles. The van der Waals surface area contributed by atoms with E-state index in [4.69, 9.17) is 11.0 Å². The van der Waals surface area contributed by atoms with Gasteiger partial charge in [0.25, 0.3) is 0 Å². The molecule has 3 heteroatoms. The molecule has 0 aliphatic rings. The summed E-state index contributed by atoms with van der Waals surface area (Å²) in [6.45, 7) is 4.26. The summed E-state index contributed by atoms with van der Waals surface area (Å²) < 4.78 is 0. The Morgan fingerprint density at radius 3 is 2.67 bits per heavy atom. The van der Waals surface area contributed by atoms with Crippen LogP contribution in [0, 0.1) is 11.3 Å². The first-order valence-corrected chi connectivity index (χ1v) is 4.76. The quantitative estimate of drug-likeness (QED) is 0.759. The summed E-state index contributed by atoms with van der Waals surface area (Å²) in [5, 5.41) is 10.6. The van der Waals surface area contributed by atoms with Crippen molar-refractivity contribution < 1.29 is 0 Å². The lowest BCUT2D eigenvalue weighted by Crippen LogP contribution is -2.04. The van der Waals surface area contributed by atoms with Crippen molar-refractivity contribution >= 4 is 11.3 Å². The number of nitrogens with zero attached hydrogens (tertiary/aromatic N) is 1. The third-order valence-corrected chi connectivity index (χ3v) is 2.79. The van der Waals surface area contributed by atoms with Crippen LogP contribution in [-0.4, -0.2) is 0 Å². The first-order valence-electron chi connectivity index (χ1n) is 3.88. The number of rotatable bonds is 2. The molecule has 0 amide bonds. The topological polar surface area (TPSA) is 49.8 Å². The highest BCUT2D eigenvalue weighted by molar-refractivity contribution is 7.10. The van der Waals surface area contributed by atoms with E-state index in [0.29, 0.717) is 5.92 Å². The highest BCUT2D eigenvalue weighted by atomic mass is 32.1. The maximum absolute atomic E-state index is 8.57. The van der Waals surface area contributed by atoms with Gasteiger partial charge in [-0.3, -0.25) is 0 Å². The van der Waals surface area contributed by atoms with Crippen molar-refractivity contribution in [2.75, 3.05) is 0 Å². The second kappa shape index (κ2) is 3.70. The van der Waals surface area contributed by atoms with Crippen LogP contribution in [0.15, 0.2) is 11.4 Å². The number of thiophene rings is 1. The number of hydrogen-bond acceptors (Lipinski definition) is 3. The maximum Gasteiger partial charge on any atom is 0.128 e. The Balaban J connectivity index is 2.86.